The maximum atomic E-state index is 12.5. The van der Waals surface area contributed by atoms with Gasteiger partial charge in [-0.2, -0.15) is 0 Å². The van der Waals surface area contributed by atoms with Crippen LogP contribution in [0.4, 0.5) is 0 Å². The molecule has 0 aliphatic carbocycles. The highest BCUT2D eigenvalue weighted by atomic mass is 16.4. The zero-order valence-electron chi connectivity index (χ0n) is 33.2. The van der Waals surface area contributed by atoms with Crippen LogP contribution < -0.4 is 5.73 Å². The van der Waals surface area contributed by atoms with Crippen LogP contribution in [0.3, 0.4) is 0 Å². The lowest BCUT2D eigenvalue weighted by Gasteiger charge is -2.28. The molecule has 6 nitrogen and oxygen atoms in total. The molecule has 1 amide bonds. The quantitative estimate of drug-likeness (QED) is 0.0443. The Morgan fingerprint density at radius 1 is 0.551 bits per heavy atom. The van der Waals surface area contributed by atoms with Crippen molar-refractivity contribution in [1.29, 1.82) is 0 Å². The summed E-state index contributed by atoms with van der Waals surface area (Å²) >= 11 is 0. The predicted molar refractivity (Wildman–Crippen MR) is 213 cm³/mol. The molecule has 0 aromatic carbocycles. The molecule has 4 N–H and O–H groups in total. The Kier molecular flexibility index (Phi) is 43.4. The Hall–Kier alpha value is -1.40. The third kappa shape index (κ3) is 37.7. The number of aliphatic carboxylic acids is 1. The molecule has 0 aliphatic rings. The molecule has 0 unspecified atom stereocenters. The summed E-state index contributed by atoms with van der Waals surface area (Å²) in [4.78, 5) is 25.3. The SMILES string of the molecule is CCCCCCCC/C=C\CCCCCCCC(=O)N(CCC)[C@@H](CCO)C(=O)O.CCCCCCCCCCCCCCCCCCN. The molecule has 0 bridgehead atoms. The van der Waals surface area contributed by atoms with Gasteiger partial charge in [0.05, 0.1) is 0 Å². The molecule has 49 heavy (non-hydrogen) atoms. The van der Waals surface area contributed by atoms with Gasteiger partial charge in [-0.1, -0.05) is 181 Å². The number of amides is 1. The Morgan fingerprint density at radius 2 is 0.918 bits per heavy atom. The van der Waals surface area contributed by atoms with E-state index in [4.69, 9.17) is 10.8 Å². The minimum atomic E-state index is -1.03. The molecular formula is C43H86N2O4. The van der Waals surface area contributed by atoms with Crippen molar-refractivity contribution in [3.05, 3.63) is 12.2 Å². The first-order valence-corrected chi connectivity index (χ1v) is 21.5. The van der Waals surface area contributed by atoms with Gasteiger partial charge in [-0.05, 0) is 51.5 Å². The first-order chi connectivity index (χ1) is 24.0. The number of aliphatic hydroxyl groups excluding tert-OH is 1. The van der Waals surface area contributed by atoms with Crippen LogP contribution in [0.15, 0.2) is 12.2 Å². The molecule has 0 saturated carbocycles. The fourth-order valence-corrected chi connectivity index (χ4v) is 6.41. The fraction of sp³-hybridized carbons (Fsp3) is 0.907. The second-order valence-corrected chi connectivity index (χ2v) is 14.4. The summed E-state index contributed by atoms with van der Waals surface area (Å²) in [6, 6.07) is -0.912. The number of aliphatic hydroxyl groups is 1. The highest BCUT2D eigenvalue weighted by Crippen LogP contribution is 2.15. The molecule has 0 radical (unpaired) electrons. The molecule has 0 fully saturated rings. The topological polar surface area (TPSA) is 104 Å². The largest absolute Gasteiger partial charge is 0.480 e. The molecule has 0 aliphatic heterocycles. The highest BCUT2D eigenvalue weighted by Gasteiger charge is 2.28. The van der Waals surface area contributed by atoms with Gasteiger partial charge in [0.25, 0.3) is 0 Å². The van der Waals surface area contributed by atoms with E-state index < -0.39 is 12.0 Å². The average molecular weight is 695 g/mol. The first kappa shape index (κ1) is 49.7. The van der Waals surface area contributed by atoms with Gasteiger partial charge in [-0.25, -0.2) is 4.79 Å². The van der Waals surface area contributed by atoms with Gasteiger partial charge in [0.1, 0.15) is 6.04 Å². The standard InChI is InChI=1S/C25H47NO4.C18H39N/c1-3-5-6-7-8-9-10-11-12-13-14-15-16-17-18-19-24(28)26(21-4-2)23(20-22-27)25(29)30;1-2-3-4-5-6-7-8-9-10-11-12-13-14-15-16-17-18-19/h11-12,23,27H,3-10,13-22H2,1-2H3,(H,29,30);2-19H2,1H3/b12-11-;/t23-;/m0./s1. The predicted octanol–water partition coefficient (Wildman–Crippen LogP) is 12.3. The first-order valence-electron chi connectivity index (χ1n) is 21.5. The van der Waals surface area contributed by atoms with E-state index in [1.165, 1.54) is 165 Å². The fourth-order valence-electron chi connectivity index (χ4n) is 6.41. The van der Waals surface area contributed by atoms with Crippen molar-refractivity contribution in [1.82, 2.24) is 4.90 Å². The number of nitrogens with zero attached hydrogens (tertiary/aromatic N) is 1. The number of hydrogen-bond donors (Lipinski definition) is 3. The van der Waals surface area contributed by atoms with Gasteiger partial charge in [0.2, 0.25) is 5.91 Å². The summed E-state index contributed by atoms with van der Waals surface area (Å²) in [5.74, 6) is -1.13. The smallest absolute Gasteiger partial charge is 0.326 e. The molecule has 0 saturated heterocycles. The molecule has 0 aromatic rings. The van der Waals surface area contributed by atoms with Crippen LogP contribution in [0, 0.1) is 0 Å². The van der Waals surface area contributed by atoms with E-state index >= 15 is 0 Å². The zero-order valence-corrected chi connectivity index (χ0v) is 33.2. The average Bonchev–Trinajstić information content (AvgIpc) is 3.09. The second-order valence-electron chi connectivity index (χ2n) is 14.4. The van der Waals surface area contributed by atoms with Gasteiger partial charge in [0.15, 0.2) is 0 Å². The van der Waals surface area contributed by atoms with Gasteiger partial charge >= 0.3 is 5.97 Å². The monoisotopic (exact) mass is 695 g/mol. The van der Waals surface area contributed by atoms with E-state index in [0.29, 0.717) is 19.4 Å². The van der Waals surface area contributed by atoms with Crippen LogP contribution in [-0.2, 0) is 9.59 Å². The van der Waals surface area contributed by atoms with Crippen LogP contribution in [-0.4, -0.2) is 52.7 Å². The van der Waals surface area contributed by atoms with Crippen LogP contribution in [0.25, 0.3) is 0 Å². The maximum absolute atomic E-state index is 12.5. The Labute approximate surface area is 305 Å². The van der Waals surface area contributed by atoms with E-state index in [1.54, 1.807) is 0 Å². The molecule has 6 heteroatoms. The Morgan fingerprint density at radius 3 is 1.27 bits per heavy atom. The minimum absolute atomic E-state index is 0.0907. The molecular weight excluding hydrogens is 608 g/mol. The molecule has 0 heterocycles. The molecule has 0 rings (SSSR count). The summed E-state index contributed by atoms with van der Waals surface area (Å²) in [7, 11) is 0. The van der Waals surface area contributed by atoms with Crippen molar-refractivity contribution in [2.75, 3.05) is 19.7 Å². The lowest BCUT2D eigenvalue weighted by molar-refractivity contribution is -0.151. The van der Waals surface area contributed by atoms with Crippen molar-refractivity contribution >= 4 is 11.9 Å². The van der Waals surface area contributed by atoms with Gasteiger partial charge < -0.3 is 20.8 Å². The van der Waals surface area contributed by atoms with Crippen LogP contribution in [0.2, 0.25) is 0 Å². The van der Waals surface area contributed by atoms with E-state index in [0.717, 1.165) is 32.2 Å². The molecule has 0 aromatic heterocycles. The molecule has 1 atom stereocenters. The number of carboxylic acid groups (broad SMARTS) is 1. The Bertz CT molecular complexity index is 683. The van der Waals surface area contributed by atoms with Crippen molar-refractivity contribution in [3.8, 4) is 0 Å². The van der Waals surface area contributed by atoms with Crippen LogP contribution in [0.1, 0.15) is 226 Å². The summed E-state index contributed by atoms with van der Waals surface area (Å²) in [5, 5.41) is 18.4. The normalized spacial score (nSPS) is 11.9. The van der Waals surface area contributed by atoms with Crippen LogP contribution in [0.5, 0.6) is 0 Å². The zero-order chi connectivity index (χ0) is 36.5. The third-order valence-corrected chi connectivity index (χ3v) is 9.56. The summed E-state index contributed by atoms with van der Waals surface area (Å²) in [6.07, 6.45) is 44.4. The summed E-state index contributed by atoms with van der Waals surface area (Å²) in [6.45, 7) is 7.55. The van der Waals surface area contributed by atoms with Gasteiger partial charge in [-0.3, -0.25) is 4.79 Å². The highest BCUT2D eigenvalue weighted by molar-refractivity contribution is 5.83. The van der Waals surface area contributed by atoms with Crippen molar-refractivity contribution < 1.29 is 19.8 Å². The summed E-state index contributed by atoms with van der Waals surface area (Å²) < 4.78 is 0. The van der Waals surface area contributed by atoms with Gasteiger partial charge in [0, 0.05) is 26.0 Å². The number of carbonyl (C=O) groups excluding carboxylic acids is 1. The number of carbonyl (C=O) groups is 2. The van der Waals surface area contributed by atoms with Crippen LogP contribution >= 0.6 is 0 Å². The van der Waals surface area contributed by atoms with E-state index in [-0.39, 0.29) is 18.9 Å². The lowest BCUT2D eigenvalue weighted by atomic mass is 10.0. The number of nitrogens with two attached hydrogens (primary N) is 1. The number of allylic oxidation sites excluding steroid dienone is 2. The van der Waals surface area contributed by atoms with E-state index in [2.05, 4.69) is 26.0 Å². The number of unbranched alkanes of at least 4 members (excludes halogenated alkanes) is 26. The number of hydrogen-bond acceptors (Lipinski definition) is 4. The number of carboxylic acids is 1. The lowest BCUT2D eigenvalue weighted by Crippen LogP contribution is -2.46. The van der Waals surface area contributed by atoms with Crippen molar-refractivity contribution in [3.63, 3.8) is 0 Å². The van der Waals surface area contributed by atoms with E-state index in [9.17, 15) is 14.7 Å². The van der Waals surface area contributed by atoms with E-state index in [1.807, 2.05) is 6.92 Å². The molecule has 292 valence electrons. The summed E-state index contributed by atoms with van der Waals surface area (Å²) in [5.41, 5.74) is 5.48. The second kappa shape index (κ2) is 42.8. The van der Waals surface area contributed by atoms with Crippen molar-refractivity contribution in [2.24, 2.45) is 5.73 Å². The Balaban J connectivity index is 0. The van der Waals surface area contributed by atoms with Gasteiger partial charge in [-0.15, -0.1) is 0 Å². The van der Waals surface area contributed by atoms with Crippen molar-refractivity contribution in [2.45, 2.75) is 232 Å². The third-order valence-electron chi connectivity index (χ3n) is 9.56. The maximum Gasteiger partial charge on any atom is 0.326 e. The number of rotatable bonds is 37. The molecule has 0 spiro atoms. The minimum Gasteiger partial charge on any atom is -0.480 e.